The summed E-state index contributed by atoms with van der Waals surface area (Å²) >= 11 is 0. The van der Waals surface area contributed by atoms with Crippen molar-refractivity contribution in [2.24, 2.45) is 5.41 Å². The van der Waals surface area contributed by atoms with E-state index in [1.165, 1.54) is 0 Å². The molecule has 1 amide bonds. The Morgan fingerprint density at radius 3 is 2.70 bits per heavy atom. The van der Waals surface area contributed by atoms with Gasteiger partial charge < -0.3 is 24.6 Å². The van der Waals surface area contributed by atoms with Gasteiger partial charge in [0.25, 0.3) is 5.91 Å². The van der Waals surface area contributed by atoms with E-state index in [2.05, 4.69) is 5.32 Å². The lowest BCUT2D eigenvalue weighted by molar-refractivity contribution is -0.194. The first-order valence-electron chi connectivity index (χ1n) is 8.94. The number of carboxylic acids is 1. The minimum Gasteiger partial charge on any atom is -0.497 e. The van der Waals surface area contributed by atoms with Gasteiger partial charge in [-0.3, -0.25) is 4.79 Å². The van der Waals surface area contributed by atoms with Crippen LogP contribution in [0.25, 0.3) is 6.08 Å². The lowest BCUT2D eigenvalue weighted by Crippen LogP contribution is -2.76. The van der Waals surface area contributed by atoms with Crippen molar-refractivity contribution in [1.82, 2.24) is 5.32 Å². The maximum Gasteiger partial charge on any atom is 0.330 e. The number of carbonyl (C=O) groups excluding carboxylic acids is 1. The molecule has 2 atom stereocenters. The molecule has 2 N–H and O–H groups in total. The van der Waals surface area contributed by atoms with Crippen LogP contribution in [-0.2, 0) is 14.3 Å². The summed E-state index contributed by atoms with van der Waals surface area (Å²) in [7, 11) is 1.56. The number of fused-ring (bicyclic) bond motifs is 1. The van der Waals surface area contributed by atoms with Gasteiger partial charge in [-0.1, -0.05) is 13.8 Å². The molecular formula is C20H25NO6. The number of hydrogen-bond acceptors (Lipinski definition) is 5. The van der Waals surface area contributed by atoms with Crippen LogP contribution >= 0.6 is 0 Å². The molecule has 1 saturated carbocycles. The maximum absolute atomic E-state index is 12.8. The number of benzene rings is 1. The molecule has 1 fully saturated rings. The highest BCUT2D eigenvalue weighted by atomic mass is 16.5. The quantitative estimate of drug-likeness (QED) is 0.792. The Hall–Kier alpha value is -2.54. The summed E-state index contributed by atoms with van der Waals surface area (Å²) < 4.78 is 16.5. The molecule has 2 aliphatic rings. The van der Waals surface area contributed by atoms with Gasteiger partial charge in [0.15, 0.2) is 0 Å². The molecule has 7 heteroatoms. The Bertz CT molecular complexity index is 800. The van der Waals surface area contributed by atoms with E-state index >= 15 is 0 Å². The molecule has 0 aromatic heterocycles. The van der Waals surface area contributed by atoms with E-state index in [9.17, 15) is 14.7 Å². The number of methoxy groups -OCH3 is 1. The van der Waals surface area contributed by atoms with Gasteiger partial charge in [0.05, 0.1) is 18.8 Å². The van der Waals surface area contributed by atoms with Crippen LogP contribution in [0.3, 0.4) is 0 Å². The molecule has 1 aliphatic heterocycles. The van der Waals surface area contributed by atoms with Gasteiger partial charge in [0.1, 0.15) is 23.6 Å². The minimum atomic E-state index is -1.38. The van der Waals surface area contributed by atoms with Crippen LogP contribution in [0.1, 0.15) is 32.8 Å². The summed E-state index contributed by atoms with van der Waals surface area (Å²) in [6.45, 7) is 6.05. The molecule has 2 unspecified atom stereocenters. The summed E-state index contributed by atoms with van der Waals surface area (Å²) in [5.41, 5.74) is -1.02. The number of carboxylic acid groups (broad SMARTS) is 1. The molecule has 146 valence electrons. The van der Waals surface area contributed by atoms with E-state index in [4.69, 9.17) is 14.2 Å². The second-order valence-electron chi connectivity index (χ2n) is 7.40. The van der Waals surface area contributed by atoms with E-state index in [0.29, 0.717) is 23.7 Å². The highest BCUT2D eigenvalue weighted by Gasteiger charge is 2.66. The van der Waals surface area contributed by atoms with Crippen molar-refractivity contribution >= 4 is 18.0 Å². The molecule has 0 bridgehead atoms. The molecule has 3 rings (SSSR count). The maximum atomic E-state index is 12.8. The zero-order chi connectivity index (χ0) is 19.8. The van der Waals surface area contributed by atoms with Crippen molar-refractivity contribution in [1.29, 1.82) is 0 Å². The first-order chi connectivity index (χ1) is 12.7. The van der Waals surface area contributed by atoms with Crippen molar-refractivity contribution in [3.63, 3.8) is 0 Å². The van der Waals surface area contributed by atoms with Gasteiger partial charge in [-0.15, -0.1) is 0 Å². The predicted molar refractivity (Wildman–Crippen MR) is 98.8 cm³/mol. The molecule has 1 aromatic carbocycles. The molecule has 0 spiro atoms. The van der Waals surface area contributed by atoms with E-state index < -0.39 is 22.8 Å². The molecule has 27 heavy (non-hydrogen) atoms. The van der Waals surface area contributed by atoms with Gasteiger partial charge in [0.2, 0.25) is 0 Å². The smallest absolute Gasteiger partial charge is 0.330 e. The Labute approximate surface area is 158 Å². The Balaban J connectivity index is 1.83. The van der Waals surface area contributed by atoms with Crippen LogP contribution in [-0.4, -0.2) is 48.9 Å². The molecular weight excluding hydrogens is 350 g/mol. The second kappa shape index (κ2) is 6.88. The SMILES string of the molecule is CCOC1CC(NC(=O)C2=Cc3cc(OC)ccc3OC2)(C(=O)O)C1(C)C. The fraction of sp³-hybridized carbons (Fsp3) is 0.500. The Kier molecular flexibility index (Phi) is 4.90. The third-order valence-electron chi connectivity index (χ3n) is 5.68. The van der Waals surface area contributed by atoms with E-state index in [-0.39, 0.29) is 19.1 Å². The van der Waals surface area contributed by atoms with Crippen molar-refractivity contribution in [2.75, 3.05) is 20.3 Å². The van der Waals surface area contributed by atoms with Crippen molar-refractivity contribution < 1.29 is 28.9 Å². The standard InChI is InChI=1S/C20H25NO6/c1-5-26-16-10-20(18(23)24,19(16,2)3)21-17(22)13-8-12-9-14(25-4)6-7-15(12)27-11-13/h6-9,16H,5,10-11H2,1-4H3,(H,21,22)(H,23,24). The number of hydrogen-bond donors (Lipinski definition) is 2. The summed E-state index contributed by atoms with van der Waals surface area (Å²) in [5.74, 6) is -0.206. The molecule has 1 aromatic rings. The van der Waals surface area contributed by atoms with Crippen LogP contribution in [0.15, 0.2) is 23.8 Å². The number of amides is 1. The van der Waals surface area contributed by atoms with Gasteiger partial charge in [-0.05, 0) is 31.2 Å². The highest BCUT2D eigenvalue weighted by Crippen LogP contribution is 2.51. The third-order valence-corrected chi connectivity index (χ3v) is 5.68. The average Bonchev–Trinajstić information content (AvgIpc) is 2.65. The molecule has 1 aliphatic carbocycles. The van der Waals surface area contributed by atoms with Crippen molar-refractivity contribution in [3.05, 3.63) is 29.3 Å². The summed E-state index contributed by atoms with van der Waals surface area (Å²) in [6, 6.07) is 5.33. The second-order valence-corrected chi connectivity index (χ2v) is 7.40. The van der Waals surface area contributed by atoms with Gasteiger partial charge in [-0.25, -0.2) is 4.79 Å². The number of carbonyl (C=O) groups is 2. The van der Waals surface area contributed by atoms with E-state index in [1.807, 2.05) is 6.92 Å². The van der Waals surface area contributed by atoms with E-state index in [1.54, 1.807) is 45.2 Å². The number of aliphatic carboxylic acids is 1. The summed E-state index contributed by atoms with van der Waals surface area (Å²) in [5, 5.41) is 12.6. The predicted octanol–water partition coefficient (Wildman–Crippen LogP) is 2.25. The fourth-order valence-corrected chi connectivity index (χ4v) is 3.72. The number of rotatable bonds is 6. The first-order valence-corrected chi connectivity index (χ1v) is 8.94. The van der Waals surface area contributed by atoms with Crippen LogP contribution in [0, 0.1) is 5.41 Å². The number of ether oxygens (including phenoxy) is 3. The average molecular weight is 375 g/mol. The van der Waals surface area contributed by atoms with Crippen LogP contribution in [0.5, 0.6) is 11.5 Å². The van der Waals surface area contributed by atoms with Crippen LogP contribution in [0.4, 0.5) is 0 Å². The molecule has 1 heterocycles. The van der Waals surface area contributed by atoms with Crippen molar-refractivity contribution in [2.45, 2.75) is 38.8 Å². The van der Waals surface area contributed by atoms with Crippen molar-refractivity contribution in [3.8, 4) is 11.5 Å². The third kappa shape index (κ3) is 3.06. The fourth-order valence-electron chi connectivity index (χ4n) is 3.72. The normalized spacial score (nSPS) is 25.3. The summed E-state index contributed by atoms with van der Waals surface area (Å²) in [6.07, 6.45) is 1.71. The molecule has 0 radical (unpaired) electrons. The lowest BCUT2D eigenvalue weighted by atomic mass is 9.54. The zero-order valence-electron chi connectivity index (χ0n) is 16.0. The molecule has 7 nitrogen and oxygen atoms in total. The van der Waals surface area contributed by atoms with Gasteiger partial charge >= 0.3 is 5.97 Å². The van der Waals surface area contributed by atoms with Gasteiger partial charge in [0, 0.05) is 24.0 Å². The minimum absolute atomic E-state index is 0.0795. The number of nitrogens with one attached hydrogen (secondary N) is 1. The highest BCUT2D eigenvalue weighted by molar-refractivity contribution is 6.02. The molecule has 0 saturated heterocycles. The monoisotopic (exact) mass is 375 g/mol. The van der Waals surface area contributed by atoms with Gasteiger partial charge in [-0.2, -0.15) is 0 Å². The van der Waals surface area contributed by atoms with Crippen LogP contribution < -0.4 is 14.8 Å². The van der Waals surface area contributed by atoms with Crippen LogP contribution in [0.2, 0.25) is 0 Å². The summed E-state index contributed by atoms with van der Waals surface area (Å²) in [4.78, 5) is 24.9. The Morgan fingerprint density at radius 2 is 2.11 bits per heavy atom. The Morgan fingerprint density at radius 1 is 1.37 bits per heavy atom. The zero-order valence-corrected chi connectivity index (χ0v) is 16.0. The largest absolute Gasteiger partial charge is 0.497 e. The van der Waals surface area contributed by atoms with E-state index in [0.717, 1.165) is 5.56 Å². The first kappa shape index (κ1) is 19.2. The topological polar surface area (TPSA) is 94.1 Å². The lowest BCUT2D eigenvalue weighted by Gasteiger charge is -2.58.